The maximum atomic E-state index is 13.1. The molecule has 3 aromatic carbocycles. The third kappa shape index (κ3) is 5.66. The predicted octanol–water partition coefficient (Wildman–Crippen LogP) is 5.59. The fourth-order valence-electron chi connectivity index (χ4n) is 3.51. The summed E-state index contributed by atoms with van der Waals surface area (Å²) >= 11 is 12.3. The third-order valence-electron chi connectivity index (χ3n) is 5.25. The molecule has 1 heterocycles. The number of hydrogen-bond acceptors (Lipinski definition) is 6. The molecule has 0 unspecified atom stereocenters. The highest BCUT2D eigenvalue weighted by Gasteiger charge is 2.39. The number of nitrogens with one attached hydrogen (secondary N) is 2. The second-order valence-corrected chi connectivity index (χ2v) is 9.06. The number of amides is 3. The topological polar surface area (TPSA) is 105 Å². The Hall–Kier alpha value is -4.14. The fraction of sp³-hybridized carbons (Fsp3) is 0.111. The minimum atomic E-state index is -0.723. The van der Waals surface area contributed by atoms with Crippen LogP contribution in [-0.4, -0.2) is 29.8 Å². The van der Waals surface area contributed by atoms with Crippen LogP contribution in [0.3, 0.4) is 0 Å². The number of halogens is 2. The van der Waals surface area contributed by atoms with Crippen molar-refractivity contribution < 1.29 is 23.9 Å². The molecule has 0 fully saturated rings. The summed E-state index contributed by atoms with van der Waals surface area (Å²) in [6.45, 7) is 3.47. The van der Waals surface area contributed by atoms with Gasteiger partial charge in [0, 0.05) is 11.3 Å². The Morgan fingerprint density at radius 3 is 2.24 bits per heavy atom. The molecule has 0 saturated carbocycles. The van der Waals surface area contributed by atoms with Crippen LogP contribution in [0.1, 0.15) is 34.6 Å². The summed E-state index contributed by atoms with van der Waals surface area (Å²) in [6.07, 6.45) is -0.286. The van der Waals surface area contributed by atoms with Gasteiger partial charge in [-0.15, -0.1) is 0 Å². The Balaban J connectivity index is 1.50. The van der Waals surface area contributed by atoms with Crippen molar-refractivity contribution in [3.63, 3.8) is 0 Å². The zero-order valence-electron chi connectivity index (χ0n) is 19.7. The van der Waals surface area contributed by atoms with E-state index < -0.39 is 23.7 Å². The van der Waals surface area contributed by atoms with Crippen LogP contribution < -0.4 is 15.5 Å². The van der Waals surface area contributed by atoms with E-state index in [2.05, 4.69) is 10.6 Å². The summed E-state index contributed by atoms with van der Waals surface area (Å²) in [7, 11) is 0. The van der Waals surface area contributed by atoms with E-state index in [-0.39, 0.29) is 28.1 Å². The van der Waals surface area contributed by atoms with Crippen LogP contribution in [0.25, 0.3) is 0 Å². The number of nitrogens with zero attached hydrogens (tertiary/aromatic N) is 1. The van der Waals surface area contributed by atoms with E-state index in [1.807, 2.05) is 0 Å². The molecule has 3 amide bonds. The molecule has 2 N–H and O–H groups in total. The van der Waals surface area contributed by atoms with Crippen LogP contribution in [0, 0.1) is 0 Å². The van der Waals surface area contributed by atoms with Crippen LogP contribution in [0.15, 0.2) is 83.5 Å². The maximum Gasteiger partial charge on any atom is 0.338 e. The summed E-state index contributed by atoms with van der Waals surface area (Å²) in [6, 6.07) is 19.0. The molecule has 0 spiro atoms. The molecule has 4 rings (SSSR count). The molecule has 1 aliphatic rings. The largest absolute Gasteiger partial charge is 0.459 e. The summed E-state index contributed by atoms with van der Waals surface area (Å²) in [5, 5.41) is 5.66. The predicted molar refractivity (Wildman–Crippen MR) is 142 cm³/mol. The van der Waals surface area contributed by atoms with Crippen LogP contribution in [0.2, 0.25) is 5.02 Å². The summed E-state index contributed by atoms with van der Waals surface area (Å²) in [5.41, 5.74) is 1.49. The number of imide groups is 1. The minimum Gasteiger partial charge on any atom is -0.459 e. The van der Waals surface area contributed by atoms with Gasteiger partial charge in [0.1, 0.15) is 10.7 Å². The lowest BCUT2D eigenvalue weighted by Gasteiger charge is -2.16. The first kappa shape index (κ1) is 25.9. The van der Waals surface area contributed by atoms with Gasteiger partial charge in [0.05, 0.1) is 28.1 Å². The molecular weight excluding hydrogens is 517 g/mol. The lowest BCUT2D eigenvalue weighted by molar-refractivity contribution is -0.120. The quantitative estimate of drug-likeness (QED) is 0.300. The molecule has 10 heteroatoms. The Morgan fingerprint density at radius 1 is 0.865 bits per heavy atom. The van der Waals surface area contributed by atoms with Gasteiger partial charge in [-0.2, -0.15) is 0 Å². The third-order valence-corrected chi connectivity index (χ3v) is 5.93. The number of benzene rings is 3. The van der Waals surface area contributed by atoms with E-state index in [1.54, 1.807) is 56.3 Å². The lowest BCUT2D eigenvalue weighted by Crippen LogP contribution is -2.32. The average molecular weight is 538 g/mol. The van der Waals surface area contributed by atoms with Crippen molar-refractivity contribution in [2.45, 2.75) is 20.0 Å². The zero-order chi connectivity index (χ0) is 26.7. The minimum absolute atomic E-state index is 0.140. The summed E-state index contributed by atoms with van der Waals surface area (Å²) in [5.74, 6) is -2.33. The smallest absolute Gasteiger partial charge is 0.338 e. The monoisotopic (exact) mass is 537 g/mol. The number of para-hydroxylation sites is 1. The first-order valence-electron chi connectivity index (χ1n) is 11.2. The molecule has 0 aromatic heterocycles. The number of carbonyl (C=O) groups is 4. The van der Waals surface area contributed by atoms with E-state index in [1.165, 1.54) is 30.3 Å². The molecule has 37 heavy (non-hydrogen) atoms. The second kappa shape index (κ2) is 10.9. The lowest BCUT2D eigenvalue weighted by atomic mass is 10.1. The highest BCUT2D eigenvalue weighted by Crippen LogP contribution is 2.31. The molecule has 8 nitrogen and oxygen atoms in total. The molecule has 0 atom stereocenters. The molecule has 1 aliphatic heterocycles. The van der Waals surface area contributed by atoms with Gasteiger partial charge in [0.15, 0.2) is 0 Å². The van der Waals surface area contributed by atoms with Gasteiger partial charge in [-0.1, -0.05) is 41.4 Å². The molecule has 0 bridgehead atoms. The van der Waals surface area contributed by atoms with Crippen molar-refractivity contribution in [1.29, 1.82) is 0 Å². The van der Waals surface area contributed by atoms with E-state index in [0.717, 1.165) is 4.90 Å². The Morgan fingerprint density at radius 2 is 1.57 bits per heavy atom. The van der Waals surface area contributed by atoms with E-state index in [4.69, 9.17) is 27.9 Å². The summed E-state index contributed by atoms with van der Waals surface area (Å²) < 4.78 is 5.15. The first-order valence-corrected chi connectivity index (χ1v) is 11.9. The number of esters is 1. The van der Waals surface area contributed by atoms with Crippen molar-refractivity contribution in [3.8, 4) is 0 Å². The van der Waals surface area contributed by atoms with E-state index in [9.17, 15) is 19.2 Å². The number of ether oxygens (including phenoxy) is 1. The SMILES string of the molecule is CC(C)OC(=O)c1ccc(N2C(=O)C(Cl)=C(Nc3cccc(C(=O)Nc4ccccc4Cl)c3)C2=O)cc1. The van der Waals surface area contributed by atoms with E-state index >= 15 is 0 Å². The van der Waals surface area contributed by atoms with Crippen molar-refractivity contribution in [2.75, 3.05) is 15.5 Å². The summed E-state index contributed by atoms with van der Waals surface area (Å²) in [4.78, 5) is 51.6. The Kier molecular flexibility index (Phi) is 7.61. The van der Waals surface area contributed by atoms with E-state index in [0.29, 0.717) is 22.0 Å². The van der Waals surface area contributed by atoms with Crippen LogP contribution >= 0.6 is 23.2 Å². The molecule has 0 aliphatic carbocycles. The van der Waals surface area contributed by atoms with Crippen LogP contribution in [-0.2, 0) is 14.3 Å². The Labute approximate surface area is 222 Å². The molecular formula is C27H21Cl2N3O5. The molecule has 0 saturated heterocycles. The zero-order valence-corrected chi connectivity index (χ0v) is 21.3. The van der Waals surface area contributed by atoms with Gasteiger partial charge in [-0.25, -0.2) is 9.69 Å². The van der Waals surface area contributed by atoms with Gasteiger partial charge in [0.25, 0.3) is 17.7 Å². The van der Waals surface area contributed by atoms with Gasteiger partial charge < -0.3 is 15.4 Å². The number of carbonyl (C=O) groups excluding carboxylic acids is 4. The Bertz CT molecular complexity index is 1430. The molecule has 0 radical (unpaired) electrons. The molecule has 188 valence electrons. The number of hydrogen-bond donors (Lipinski definition) is 2. The maximum absolute atomic E-state index is 13.1. The van der Waals surface area contributed by atoms with Gasteiger partial charge >= 0.3 is 5.97 Å². The fourth-order valence-corrected chi connectivity index (χ4v) is 3.91. The van der Waals surface area contributed by atoms with Crippen LogP contribution in [0.5, 0.6) is 0 Å². The van der Waals surface area contributed by atoms with Gasteiger partial charge in [0.2, 0.25) is 0 Å². The van der Waals surface area contributed by atoms with Crippen molar-refractivity contribution >= 4 is 64.0 Å². The van der Waals surface area contributed by atoms with Gasteiger partial charge in [-0.05, 0) is 68.4 Å². The molecule has 3 aromatic rings. The van der Waals surface area contributed by atoms with Crippen molar-refractivity contribution in [2.24, 2.45) is 0 Å². The van der Waals surface area contributed by atoms with Crippen LogP contribution in [0.4, 0.5) is 17.1 Å². The second-order valence-electron chi connectivity index (χ2n) is 8.28. The highest BCUT2D eigenvalue weighted by molar-refractivity contribution is 6.53. The average Bonchev–Trinajstić information content (AvgIpc) is 3.08. The standard InChI is InChI=1S/C27H21Cl2N3O5/c1-15(2)37-27(36)16-10-12-19(13-11-16)32-25(34)22(29)23(26(32)35)30-18-7-5-6-17(14-18)24(33)31-21-9-4-3-8-20(21)28/h3-15,30H,1-2H3,(H,31,33). The van der Waals surface area contributed by atoms with Gasteiger partial charge in [-0.3, -0.25) is 14.4 Å². The highest BCUT2D eigenvalue weighted by atomic mass is 35.5. The normalized spacial score (nSPS) is 13.3. The number of rotatable bonds is 7. The van der Waals surface area contributed by atoms with Crippen molar-refractivity contribution in [3.05, 3.63) is 99.7 Å². The first-order chi connectivity index (χ1) is 17.7. The van der Waals surface area contributed by atoms with Crippen molar-refractivity contribution in [1.82, 2.24) is 0 Å². The number of anilines is 3.